The third-order valence-electron chi connectivity index (χ3n) is 3.18. The largest absolute Gasteiger partial charge is 0.359 e. The number of carbonyl (C=O) groups is 1. The molecule has 1 aliphatic heterocycles. The summed E-state index contributed by atoms with van der Waals surface area (Å²) < 4.78 is 22.7. The summed E-state index contributed by atoms with van der Waals surface area (Å²) in [6.07, 6.45) is 0.517. The molecule has 108 valence electrons. The van der Waals surface area contributed by atoms with Crippen molar-refractivity contribution in [2.75, 3.05) is 11.5 Å². The molecule has 0 spiro atoms. The van der Waals surface area contributed by atoms with Crippen molar-refractivity contribution >= 4 is 33.1 Å². The highest BCUT2D eigenvalue weighted by Crippen LogP contribution is 2.11. The van der Waals surface area contributed by atoms with Crippen LogP contribution in [0.3, 0.4) is 0 Å². The van der Waals surface area contributed by atoms with Crippen molar-refractivity contribution in [1.29, 1.82) is 0 Å². The first kappa shape index (κ1) is 14.9. The second-order valence-electron chi connectivity index (χ2n) is 4.84. The molecule has 1 amide bonds. The van der Waals surface area contributed by atoms with Crippen molar-refractivity contribution in [3.05, 3.63) is 35.4 Å². The van der Waals surface area contributed by atoms with E-state index in [4.69, 9.17) is 12.2 Å². The van der Waals surface area contributed by atoms with Gasteiger partial charge in [0.2, 0.25) is 0 Å². The Morgan fingerprint density at radius 1 is 1.35 bits per heavy atom. The zero-order chi connectivity index (χ0) is 14.8. The van der Waals surface area contributed by atoms with E-state index in [0.29, 0.717) is 12.0 Å². The summed E-state index contributed by atoms with van der Waals surface area (Å²) in [4.78, 5) is 12.0. The van der Waals surface area contributed by atoms with Crippen LogP contribution < -0.4 is 10.6 Å². The molecular formula is C13H16N2O3S2. The predicted molar refractivity (Wildman–Crippen MR) is 81.4 cm³/mol. The monoisotopic (exact) mass is 312 g/mol. The van der Waals surface area contributed by atoms with Gasteiger partial charge in [0, 0.05) is 11.6 Å². The number of hydrogen-bond acceptors (Lipinski definition) is 4. The summed E-state index contributed by atoms with van der Waals surface area (Å²) in [5.74, 6) is -0.0618. The summed E-state index contributed by atoms with van der Waals surface area (Å²) in [6.45, 7) is 1.84. The van der Waals surface area contributed by atoms with Gasteiger partial charge in [0.15, 0.2) is 14.9 Å². The van der Waals surface area contributed by atoms with Crippen LogP contribution in [0.25, 0.3) is 0 Å². The zero-order valence-corrected chi connectivity index (χ0v) is 12.7. The molecule has 1 aromatic rings. The summed E-state index contributed by atoms with van der Waals surface area (Å²) in [5, 5.41) is 5.62. The maximum atomic E-state index is 12.0. The van der Waals surface area contributed by atoms with Crippen LogP contribution in [0.5, 0.6) is 0 Å². The quantitative estimate of drug-likeness (QED) is 0.790. The van der Waals surface area contributed by atoms with Crippen LogP contribution in [-0.4, -0.2) is 37.0 Å². The number of benzene rings is 1. The van der Waals surface area contributed by atoms with Crippen LogP contribution >= 0.6 is 12.2 Å². The van der Waals surface area contributed by atoms with E-state index in [-0.39, 0.29) is 28.6 Å². The van der Waals surface area contributed by atoms with Gasteiger partial charge in [-0.15, -0.1) is 0 Å². The molecule has 0 saturated carbocycles. The molecule has 0 aliphatic carbocycles. The third-order valence-corrected chi connectivity index (χ3v) is 5.17. The lowest BCUT2D eigenvalue weighted by atomic mass is 10.1. The van der Waals surface area contributed by atoms with Gasteiger partial charge in [0.05, 0.1) is 11.5 Å². The van der Waals surface area contributed by atoms with Gasteiger partial charge >= 0.3 is 0 Å². The van der Waals surface area contributed by atoms with E-state index >= 15 is 0 Å². The molecule has 0 unspecified atom stereocenters. The number of sulfone groups is 1. The van der Waals surface area contributed by atoms with E-state index in [9.17, 15) is 13.2 Å². The van der Waals surface area contributed by atoms with Gasteiger partial charge in [0.25, 0.3) is 5.91 Å². The van der Waals surface area contributed by atoms with E-state index < -0.39 is 9.84 Å². The van der Waals surface area contributed by atoms with E-state index in [2.05, 4.69) is 10.6 Å². The molecule has 1 aromatic carbocycles. The topological polar surface area (TPSA) is 75.3 Å². The highest BCUT2D eigenvalue weighted by atomic mass is 32.2. The molecule has 0 radical (unpaired) electrons. The number of carbonyl (C=O) groups excluding carboxylic acids is 1. The van der Waals surface area contributed by atoms with Crippen LogP contribution in [0.2, 0.25) is 0 Å². The van der Waals surface area contributed by atoms with Gasteiger partial charge in [-0.2, -0.15) is 0 Å². The lowest BCUT2D eigenvalue weighted by Crippen LogP contribution is -2.44. The van der Waals surface area contributed by atoms with E-state index in [1.165, 1.54) is 0 Å². The molecule has 0 aromatic heterocycles. The molecule has 1 heterocycles. The summed E-state index contributed by atoms with van der Waals surface area (Å²) in [6, 6.07) is 6.97. The predicted octanol–water partition coefficient (Wildman–Crippen LogP) is 0.786. The Morgan fingerprint density at radius 3 is 2.65 bits per heavy atom. The Labute approximate surface area is 123 Å². The van der Waals surface area contributed by atoms with Crippen LogP contribution in [0, 0.1) is 6.92 Å². The first-order valence-electron chi connectivity index (χ1n) is 6.25. The smallest absolute Gasteiger partial charge is 0.257 e. The van der Waals surface area contributed by atoms with Gasteiger partial charge in [-0.1, -0.05) is 18.2 Å². The van der Waals surface area contributed by atoms with E-state index in [1.807, 2.05) is 19.1 Å². The number of thiocarbonyl (C=S) groups is 1. The Hall–Kier alpha value is -1.47. The van der Waals surface area contributed by atoms with Crippen LogP contribution in [0.1, 0.15) is 22.3 Å². The van der Waals surface area contributed by atoms with Gasteiger partial charge in [0.1, 0.15) is 0 Å². The third kappa shape index (κ3) is 3.77. The number of nitrogens with one attached hydrogen (secondary N) is 2. The standard InChI is InChI=1S/C13H16N2O3S2/c1-9-4-2-3-5-11(9)12(16)15-13(19)14-10-6-7-20(17,18)8-10/h2-5,10H,6-8H2,1H3,(H2,14,15,16,19)/t10-/m1/s1. The lowest BCUT2D eigenvalue weighted by Gasteiger charge is -2.14. The average Bonchev–Trinajstić information content (AvgIpc) is 2.68. The number of aryl methyl sites for hydroxylation is 1. The van der Waals surface area contributed by atoms with Crippen molar-refractivity contribution in [2.45, 2.75) is 19.4 Å². The molecular weight excluding hydrogens is 296 g/mol. The molecule has 7 heteroatoms. The normalized spacial score (nSPS) is 20.4. The summed E-state index contributed by atoms with van der Waals surface area (Å²) in [7, 11) is -2.96. The molecule has 1 saturated heterocycles. The Kier molecular flexibility index (Phi) is 4.39. The maximum absolute atomic E-state index is 12.0. The highest BCUT2D eigenvalue weighted by molar-refractivity contribution is 7.91. The average molecular weight is 312 g/mol. The minimum atomic E-state index is -2.96. The van der Waals surface area contributed by atoms with Crippen molar-refractivity contribution in [3.8, 4) is 0 Å². The molecule has 2 rings (SSSR count). The number of rotatable bonds is 2. The maximum Gasteiger partial charge on any atom is 0.257 e. The summed E-state index contributed by atoms with van der Waals surface area (Å²) in [5.41, 5.74) is 1.41. The van der Waals surface area contributed by atoms with Crippen LogP contribution in [0.4, 0.5) is 0 Å². The molecule has 1 fully saturated rings. The second-order valence-corrected chi connectivity index (χ2v) is 7.48. The van der Waals surface area contributed by atoms with Gasteiger partial charge in [-0.3, -0.25) is 10.1 Å². The van der Waals surface area contributed by atoms with Crippen LogP contribution in [0.15, 0.2) is 24.3 Å². The molecule has 0 bridgehead atoms. The molecule has 2 N–H and O–H groups in total. The van der Waals surface area contributed by atoms with E-state index in [1.54, 1.807) is 12.1 Å². The fourth-order valence-electron chi connectivity index (χ4n) is 2.13. The highest BCUT2D eigenvalue weighted by Gasteiger charge is 2.28. The molecule has 1 atom stereocenters. The fraction of sp³-hybridized carbons (Fsp3) is 0.385. The first-order chi connectivity index (χ1) is 9.37. The minimum absolute atomic E-state index is 0.0629. The Balaban J connectivity index is 1.92. The van der Waals surface area contributed by atoms with Crippen molar-refractivity contribution in [1.82, 2.24) is 10.6 Å². The van der Waals surface area contributed by atoms with Gasteiger partial charge in [-0.25, -0.2) is 8.42 Å². The van der Waals surface area contributed by atoms with Crippen molar-refractivity contribution in [2.24, 2.45) is 0 Å². The minimum Gasteiger partial charge on any atom is -0.359 e. The SMILES string of the molecule is Cc1ccccc1C(=O)NC(=S)N[C@@H]1CCS(=O)(=O)C1. The Morgan fingerprint density at radius 2 is 2.05 bits per heavy atom. The molecule has 5 nitrogen and oxygen atoms in total. The van der Waals surface area contributed by atoms with Gasteiger partial charge in [-0.05, 0) is 37.2 Å². The fourth-order valence-corrected chi connectivity index (χ4v) is 4.06. The van der Waals surface area contributed by atoms with Crippen LogP contribution in [-0.2, 0) is 9.84 Å². The second kappa shape index (κ2) is 5.88. The molecule has 20 heavy (non-hydrogen) atoms. The van der Waals surface area contributed by atoms with Gasteiger partial charge < -0.3 is 5.32 Å². The Bertz CT molecular complexity index is 641. The van der Waals surface area contributed by atoms with Crippen molar-refractivity contribution in [3.63, 3.8) is 0 Å². The van der Waals surface area contributed by atoms with E-state index in [0.717, 1.165) is 5.56 Å². The lowest BCUT2D eigenvalue weighted by molar-refractivity contribution is 0.0976. The number of amides is 1. The summed E-state index contributed by atoms with van der Waals surface area (Å²) >= 11 is 5.05. The number of hydrogen-bond donors (Lipinski definition) is 2. The first-order valence-corrected chi connectivity index (χ1v) is 8.48. The van der Waals surface area contributed by atoms with Crippen molar-refractivity contribution < 1.29 is 13.2 Å². The molecule has 1 aliphatic rings. The zero-order valence-electron chi connectivity index (χ0n) is 11.0.